The van der Waals surface area contributed by atoms with Crippen LogP contribution in [0.1, 0.15) is 62.4 Å². The van der Waals surface area contributed by atoms with Crippen LogP contribution in [-0.2, 0) is 9.53 Å². The van der Waals surface area contributed by atoms with E-state index in [2.05, 4.69) is 13.8 Å². The predicted octanol–water partition coefficient (Wildman–Crippen LogP) is 5.66. The molecule has 0 heterocycles. The first-order valence-electron chi connectivity index (χ1n) is 9.72. The summed E-state index contributed by atoms with van der Waals surface area (Å²) in [5.41, 5.74) is 1.69. The Morgan fingerprint density at radius 3 is 1.93 bits per heavy atom. The van der Waals surface area contributed by atoms with Gasteiger partial charge in [0.15, 0.2) is 5.78 Å². The maximum atomic E-state index is 12.9. The maximum Gasteiger partial charge on any atom is 0.309 e. The Labute approximate surface area is 162 Å². The highest BCUT2D eigenvalue weighted by molar-refractivity contribution is 5.96. The van der Waals surface area contributed by atoms with E-state index in [0.717, 1.165) is 5.56 Å². The molecule has 2 aromatic rings. The lowest BCUT2D eigenvalue weighted by atomic mass is 9.77. The number of benzene rings is 2. The fourth-order valence-corrected chi connectivity index (χ4v) is 3.39. The summed E-state index contributed by atoms with van der Waals surface area (Å²) in [6.07, 6.45) is 0.805. The van der Waals surface area contributed by atoms with Crippen molar-refractivity contribution in [3.63, 3.8) is 0 Å². The van der Waals surface area contributed by atoms with Gasteiger partial charge in [0.25, 0.3) is 0 Å². The number of esters is 1. The number of carbonyl (C=O) groups is 2. The van der Waals surface area contributed by atoms with Gasteiger partial charge in [-0.25, -0.2) is 0 Å². The summed E-state index contributed by atoms with van der Waals surface area (Å²) in [7, 11) is 0. The first-order valence-corrected chi connectivity index (χ1v) is 9.72. The molecule has 0 aliphatic rings. The van der Waals surface area contributed by atoms with E-state index in [-0.39, 0.29) is 29.7 Å². The van der Waals surface area contributed by atoms with Crippen LogP contribution in [0.2, 0.25) is 0 Å². The second-order valence-corrected chi connectivity index (χ2v) is 7.73. The van der Waals surface area contributed by atoms with E-state index in [1.165, 1.54) is 0 Å². The lowest BCUT2D eigenvalue weighted by molar-refractivity contribution is -0.153. The van der Waals surface area contributed by atoms with E-state index in [1.807, 2.05) is 74.5 Å². The van der Waals surface area contributed by atoms with E-state index in [0.29, 0.717) is 24.3 Å². The number of hydrogen-bond acceptors (Lipinski definition) is 3. The van der Waals surface area contributed by atoms with Crippen molar-refractivity contribution in [1.29, 1.82) is 0 Å². The van der Waals surface area contributed by atoms with Crippen molar-refractivity contribution in [3.05, 3.63) is 71.8 Å². The highest BCUT2D eigenvalue weighted by Gasteiger charge is 2.33. The predicted molar refractivity (Wildman–Crippen MR) is 109 cm³/mol. The number of rotatable bonds is 9. The molecular formula is C24H30O3. The summed E-state index contributed by atoms with van der Waals surface area (Å²) in [4.78, 5) is 25.8. The zero-order valence-corrected chi connectivity index (χ0v) is 16.7. The molecule has 3 nitrogen and oxygen atoms in total. The van der Waals surface area contributed by atoms with Crippen LogP contribution in [0.5, 0.6) is 0 Å². The normalized spacial score (nSPS) is 13.4. The zero-order chi connectivity index (χ0) is 19.8. The lowest BCUT2D eigenvalue weighted by Gasteiger charge is -2.28. The molecule has 0 fully saturated rings. The van der Waals surface area contributed by atoms with Gasteiger partial charge in [0.2, 0.25) is 0 Å². The topological polar surface area (TPSA) is 43.4 Å². The quantitative estimate of drug-likeness (QED) is 0.425. The highest BCUT2D eigenvalue weighted by Crippen LogP contribution is 2.35. The van der Waals surface area contributed by atoms with Crippen molar-refractivity contribution in [2.75, 3.05) is 0 Å². The average Bonchev–Trinajstić information content (AvgIpc) is 2.65. The smallest absolute Gasteiger partial charge is 0.309 e. The third-order valence-corrected chi connectivity index (χ3v) is 4.59. The van der Waals surface area contributed by atoms with Crippen LogP contribution in [0.15, 0.2) is 60.7 Å². The standard InChI is InChI=1S/C24H30O3/c1-17(2)15-22(24(26)27-18(3)4)21(19-11-7-5-8-12-19)16-23(25)20-13-9-6-10-14-20/h5-14,17-18,21-22H,15-16H2,1-4H3/t21-,22?/m1/s1. The van der Waals surface area contributed by atoms with Crippen LogP contribution >= 0.6 is 0 Å². The van der Waals surface area contributed by atoms with Gasteiger partial charge in [-0.1, -0.05) is 74.5 Å². The van der Waals surface area contributed by atoms with Crippen LogP contribution in [0.4, 0.5) is 0 Å². The van der Waals surface area contributed by atoms with Gasteiger partial charge in [-0.05, 0) is 31.7 Å². The van der Waals surface area contributed by atoms with Gasteiger partial charge in [-0.3, -0.25) is 9.59 Å². The van der Waals surface area contributed by atoms with Gasteiger partial charge in [-0.2, -0.15) is 0 Å². The molecule has 27 heavy (non-hydrogen) atoms. The minimum Gasteiger partial charge on any atom is -0.463 e. The molecule has 0 bridgehead atoms. The Balaban J connectivity index is 2.36. The van der Waals surface area contributed by atoms with Gasteiger partial charge in [0.05, 0.1) is 12.0 Å². The van der Waals surface area contributed by atoms with E-state index in [1.54, 1.807) is 0 Å². The van der Waals surface area contributed by atoms with Gasteiger partial charge in [-0.15, -0.1) is 0 Å². The van der Waals surface area contributed by atoms with Crippen LogP contribution in [0.25, 0.3) is 0 Å². The monoisotopic (exact) mass is 366 g/mol. The SMILES string of the molecule is CC(C)CC(C(=O)OC(C)C)[C@H](CC(=O)c1ccccc1)c1ccccc1. The zero-order valence-electron chi connectivity index (χ0n) is 16.7. The molecular weight excluding hydrogens is 336 g/mol. The molecule has 0 aliphatic carbocycles. The van der Waals surface area contributed by atoms with Crippen molar-refractivity contribution < 1.29 is 14.3 Å². The second-order valence-electron chi connectivity index (χ2n) is 7.73. The summed E-state index contributed by atoms with van der Waals surface area (Å²) >= 11 is 0. The van der Waals surface area contributed by atoms with E-state index >= 15 is 0 Å². The molecule has 2 aromatic carbocycles. The van der Waals surface area contributed by atoms with Crippen molar-refractivity contribution in [3.8, 4) is 0 Å². The van der Waals surface area contributed by atoms with Crippen molar-refractivity contribution >= 4 is 11.8 Å². The summed E-state index contributed by atoms with van der Waals surface area (Å²) in [6, 6.07) is 19.1. The molecule has 0 saturated carbocycles. The van der Waals surface area contributed by atoms with E-state index in [4.69, 9.17) is 4.74 Å². The average molecular weight is 367 g/mol. The fourth-order valence-electron chi connectivity index (χ4n) is 3.39. The molecule has 2 rings (SSSR count). The number of carbonyl (C=O) groups excluding carboxylic acids is 2. The number of hydrogen-bond donors (Lipinski definition) is 0. The van der Waals surface area contributed by atoms with Crippen LogP contribution in [-0.4, -0.2) is 17.9 Å². The summed E-state index contributed by atoms with van der Waals surface area (Å²) in [5.74, 6) is -0.383. The van der Waals surface area contributed by atoms with Crippen molar-refractivity contribution in [1.82, 2.24) is 0 Å². The molecule has 3 heteroatoms. The minimum atomic E-state index is -0.345. The molecule has 1 unspecified atom stereocenters. The fraction of sp³-hybridized carbons (Fsp3) is 0.417. The van der Waals surface area contributed by atoms with Crippen molar-refractivity contribution in [2.45, 2.75) is 52.6 Å². The molecule has 2 atom stereocenters. The summed E-state index contributed by atoms with van der Waals surface area (Å²) in [6.45, 7) is 7.90. The van der Waals surface area contributed by atoms with Crippen LogP contribution in [0, 0.1) is 11.8 Å². The maximum absolute atomic E-state index is 12.9. The van der Waals surface area contributed by atoms with Crippen LogP contribution < -0.4 is 0 Å². The Morgan fingerprint density at radius 2 is 1.41 bits per heavy atom. The van der Waals surface area contributed by atoms with E-state index in [9.17, 15) is 9.59 Å². The molecule has 0 N–H and O–H groups in total. The van der Waals surface area contributed by atoms with Gasteiger partial charge in [0, 0.05) is 17.9 Å². The summed E-state index contributed by atoms with van der Waals surface area (Å²) in [5, 5.41) is 0. The molecule has 0 spiro atoms. The molecule has 0 amide bonds. The minimum absolute atomic E-state index is 0.0514. The molecule has 0 aliphatic heterocycles. The first kappa shape index (κ1) is 20.9. The second kappa shape index (κ2) is 10.1. The highest BCUT2D eigenvalue weighted by atomic mass is 16.5. The Kier molecular flexibility index (Phi) is 7.78. The Bertz CT molecular complexity index is 720. The van der Waals surface area contributed by atoms with Crippen molar-refractivity contribution in [2.24, 2.45) is 11.8 Å². The third-order valence-electron chi connectivity index (χ3n) is 4.59. The lowest BCUT2D eigenvalue weighted by Crippen LogP contribution is -2.29. The third kappa shape index (κ3) is 6.35. The summed E-state index contributed by atoms with van der Waals surface area (Å²) < 4.78 is 5.55. The largest absolute Gasteiger partial charge is 0.463 e. The van der Waals surface area contributed by atoms with Gasteiger partial charge < -0.3 is 4.74 Å². The van der Waals surface area contributed by atoms with Gasteiger partial charge in [0.1, 0.15) is 0 Å². The van der Waals surface area contributed by atoms with Crippen LogP contribution in [0.3, 0.4) is 0 Å². The number of ether oxygens (including phenoxy) is 1. The first-order chi connectivity index (χ1) is 12.9. The van der Waals surface area contributed by atoms with E-state index < -0.39 is 0 Å². The Hall–Kier alpha value is -2.42. The molecule has 0 radical (unpaired) electrons. The molecule has 0 saturated heterocycles. The molecule has 144 valence electrons. The molecule has 0 aromatic heterocycles. The van der Waals surface area contributed by atoms with Gasteiger partial charge >= 0.3 is 5.97 Å². The Morgan fingerprint density at radius 1 is 0.852 bits per heavy atom. The number of Topliss-reactive ketones (excluding diaryl/α,β-unsaturated/α-hetero) is 1. The number of ketones is 1.